The minimum Gasteiger partial charge on any atom is -0.448 e. The van der Waals surface area contributed by atoms with Crippen molar-refractivity contribution in [2.24, 2.45) is 5.73 Å². The summed E-state index contributed by atoms with van der Waals surface area (Å²) in [7, 11) is 0. The maximum atomic E-state index is 9.68. The van der Waals surface area contributed by atoms with Gasteiger partial charge >= 0.3 is 0 Å². The number of aromatic nitrogens is 1. The third kappa shape index (κ3) is 7.30. The topological polar surface area (TPSA) is 94.3 Å². The predicted octanol–water partition coefficient (Wildman–Crippen LogP) is 4.35. The van der Waals surface area contributed by atoms with E-state index in [-0.39, 0.29) is 11.6 Å². The zero-order chi connectivity index (χ0) is 26.2. The lowest BCUT2D eigenvalue weighted by Crippen LogP contribution is -2.52. The molecule has 38 heavy (non-hydrogen) atoms. The quantitative estimate of drug-likeness (QED) is 0.417. The van der Waals surface area contributed by atoms with Crippen molar-refractivity contribution in [1.29, 1.82) is 5.26 Å². The highest BCUT2D eigenvalue weighted by atomic mass is 16.3. The second kappa shape index (κ2) is 12.7. The van der Waals surface area contributed by atoms with Gasteiger partial charge in [-0.25, -0.2) is 4.98 Å². The molecule has 1 unspecified atom stereocenters. The van der Waals surface area contributed by atoms with Crippen molar-refractivity contribution in [3.63, 3.8) is 0 Å². The number of nitrogens with two attached hydrogens (primary N) is 1. The first kappa shape index (κ1) is 26.6. The molecule has 1 aliphatic heterocycles. The fraction of sp³-hybridized carbons (Fsp3) is 0.484. The van der Waals surface area contributed by atoms with Crippen LogP contribution in [0.2, 0.25) is 0 Å². The lowest BCUT2D eigenvalue weighted by Gasteiger charge is -2.34. The van der Waals surface area contributed by atoms with Gasteiger partial charge in [0.1, 0.15) is 6.26 Å². The number of piperazine rings is 1. The predicted molar refractivity (Wildman–Crippen MR) is 150 cm³/mol. The van der Waals surface area contributed by atoms with Gasteiger partial charge in [-0.15, -0.1) is 0 Å². The maximum absolute atomic E-state index is 9.68. The van der Waals surface area contributed by atoms with E-state index in [1.165, 1.54) is 41.5 Å². The Morgan fingerprint density at radius 3 is 2.08 bits per heavy atom. The highest BCUT2D eigenvalue weighted by molar-refractivity contribution is 5.64. The molecule has 0 spiro atoms. The van der Waals surface area contributed by atoms with E-state index in [1.54, 1.807) is 12.5 Å². The maximum Gasteiger partial charge on any atom is 0.208 e. The van der Waals surface area contributed by atoms with E-state index in [1.807, 2.05) is 0 Å². The first-order valence-corrected chi connectivity index (χ1v) is 14.0. The van der Waals surface area contributed by atoms with Crippen LogP contribution in [0.1, 0.15) is 49.1 Å². The molecule has 5 rings (SSSR count). The van der Waals surface area contributed by atoms with Crippen molar-refractivity contribution >= 4 is 0 Å². The van der Waals surface area contributed by atoms with Gasteiger partial charge in [-0.05, 0) is 35.1 Å². The number of oxazole rings is 1. The fourth-order valence-corrected chi connectivity index (χ4v) is 5.68. The van der Waals surface area contributed by atoms with Crippen LogP contribution in [0.3, 0.4) is 0 Å². The number of nitrogens with zero attached hydrogens (tertiary/aromatic N) is 4. The van der Waals surface area contributed by atoms with E-state index in [2.05, 4.69) is 74.7 Å². The molecule has 0 radical (unpaired) electrons. The summed E-state index contributed by atoms with van der Waals surface area (Å²) >= 11 is 0. The summed E-state index contributed by atoms with van der Waals surface area (Å²) in [6, 6.07) is 19.7. The van der Waals surface area contributed by atoms with Gasteiger partial charge in [0.25, 0.3) is 0 Å². The van der Waals surface area contributed by atoms with Crippen LogP contribution in [-0.4, -0.2) is 59.1 Å². The Balaban J connectivity index is 1.08. The van der Waals surface area contributed by atoms with Crippen molar-refractivity contribution in [1.82, 2.24) is 20.1 Å². The van der Waals surface area contributed by atoms with Crippen LogP contribution in [0.4, 0.5) is 0 Å². The minimum atomic E-state index is -0.217. The van der Waals surface area contributed by atoms with Crippen molar-refractivity contribution in [3.05, 3.63) is 78.0 Å². The third-order valence-corrected chi connectivity index (χ3v) is 8.10. The number of nitriles is 1. The normalized spacial score (nSPS) is 19.2. The van der Waals surface area contributed by atoms with Crippen molar-refractivity contribution in [2.45, 2.75) is 63.2 Å². The van der Waals surface area contributed by atoms with Crippen LogP contribution in [0.5, 0.6) is 0 Å². The van der Waals surface area contributed by atoms with Crippen molar-refractivity contribution < 1.29 is 4.42 Å². The minimum absolute atomic E-state index is 0.157. The molecule has 1 saturated carbocycles. The van der Waals surface area contributed by atoms with E-state index < -0.39 is 0 Å². The standard InChI is InChI=1S/C31H40N6O/c32-21-29(35-24-31(33)12-2-1-3-13-31)20-25-4-8-27(9-5-25)28-10-6-26(7-11-28)22-36-15-17-37(18-16-36)23-30-34-14-19-38-30/h4-11,14,19,29,35H,1-3,12-13,15-18,20,22-24,33H2. The van der Waals surface area contributed by atoms with E-state index in [0.29, 0.717) is 13.0 Å². The largest absolute Gasteiger partial charge is 0.448 e. The Morgan fingerprint density at radius 1 is 0.895 bits per heavy atom. The van der Waals surface area contributed by atoms with E-state index in [9.17, 15) is 5.26 Å². The van der Waals surface area contributed by atoms with Gasteiger partial charge in [0, 0.05) is 51.2 Å². The van der Waals surface area contributed by atoms with E-state index in [0.717, 1.165) is 58.0 Å². The van der Waals surface area contributed by atoms with Gasteiger partial charge in [-0.2, -0.15) is 5.26 Å². The number of nitrogens with one attached hydrogen (secondary N) is 1. The van der Waals surface area contributed by atoms with Gasteiger partial charge in [0.2, 0.25) is 5.89 Å². The summed E-state index contributed by atoms with van der Waals surface area (Å²) < 4.78 is 5.38. The van der Waals surface area contributed by atoms with Crippen LogP contribution >= 0.6 is 0 Å². The Hall–Kier alpha value is -3.02. The molecule has 3 N–H and O–H groups in total. The molecule has 2 aromatic carbocycles. The highest BCUT2D eigenvalue weighted by Gasteiger charge is 2.28. The molecule has 1 atom stereocenters. The van der Waals surface area contributed by atoms with Gasteiger partial charge < -0.3 is 10.2 Å². The lowest BCUT2D eigenvalue weighted by atomic mass is 9.82. The first-order chi connectivity index (χ1) is 18.6. The molecule has 2 aliphatic rings. The van der Waals surface area contributed by atoms with Crippen LogP contribution < -0.4 is 11.1 Å². The van der Waals surface area contributed by atoms with Crippen LogP contribution in [0, 0.1) is 11.3 Å². The smallest absolute Gasteiger partial charge is 0.208 e. The van der Waals surface area contributed by atoms with E-state index >= 15 is 0 Å². The SMILES string of the molecule is N#CC(Cc1ccc(-c2ccc(CN3CCN(Cc4ncco4)CC3)cc2)cc1)NCC1(N)CCCCC1. The number of hydrogen-bond acceptors (Lipinski definition) is 7. The molecular formula is C31H40N6O. The summed E-state index contributed by atoms with van der Waals surface area (Å²) in [5.74, 6) is 0.794. The molecule has 1 aromatic heterocycles. The number of rotatable bonds is 10. The van der Waals surface area contributed by atoms with Gasteiger partial charge in [0.05, 0.1) is 24.9 Å². The summed E-state index contributed by atoms with van der Waals surface area (Å²) in [5.41, 5.74) is 11.3. The molecule has 1 aliphatic carbocycles. The Labute approximate surface area is 226 Å². The van der Waals surface area contributed by atoms with Crippen molar-refractivity contribution in [3.8, 4) is 17.2 Å². The van der Waals surface area contributed by atoms with Crippen LogP contribution in [-0.2, 0) is 19.5 Å². The second-order valence-electron chi connectivity index (χ2n) is 11.1. The van der Waals surface area contributed by atoms with Crippen LogP contribution in [0.15, 0.2) is 65.4 Å². The lowest BCUT2D eigenvalue weighted by molar-refractivity contribution is 0.114. The zero-order valence-corrected chi connectivity index (χ0v) is 22.3. The van der Waals surface area contributed by atoms with Gasteiger partial charge in [-0.3, -0.25) is 15.1 Å². The fourth-order valence-electron chi connectivity index (χ4n) is 5.68. The van der Waals surface area contributed by atoms with Gasteiger partial charge in [0.15, 0.2) is 0 Å². The zero-order valence-electron chi connectivity index (χ0n) is 22.3. The number of benzene rings is 2. The molecule has 2 heterocycles. The molecule has 0 amide bonds. The molecular weight excluding hydrogens is 472 g/mol. The molecule has 2 fully saturated rings. The molecule has 0 bridgehead atoms. The average molecular weight is 513 g/mol. The summed E-state index contributed by atoms with van der Waals surface area (Å²) in [6.45, 7) is 6.64. The average Bonchev–Trinajstić information content (AvgIpc) is 3.46. The monoisotopic (exact) mass is 512 g/mol. The van der Waals surface area contributed by atoms with Gasteiger partial charge in [-0.1, -0.05) is 67.8 Å². The summed E-state index contributed by atoms with van der Waals surface area (Å²) in [6.07, 6.45) is 9.80. The molecule has 1 saturated heterocycles. The second-order valence-corrected chi connectivity index (χ2v) is 11.1. The molecule has 3 aromatic rings. The Bertz CT molecular complexity index is 1150. The van der Waals surface area contributed by atoms with Crippen LogP contribution in [0.25, 0.3) is 11.1 Å². The summed E-state index contributed by atoms with van der Waals surface area (Å²) in [5, 5.41) is 13.1. The van der Waals surface area contributed by atoms with Crippen molar-refractivity contribution in [2.75, 3.05) is 32.7 Å². The summed E-state index contributed by atoms with van der Waals surface area (Å²) in [4.78, 5) is 9.14. The van der Waals surface area contributed by atoms with E-state index in [4.69, 9.17) is 10.2 Å². The molecule has 7 nitrogen and oxygen atoms in total. The molecule has 200 valence electrons. The number of hydrogen-bond donors (Lipinski definition) is 2. The first-order valence-electron chi connectivity index (χ1n) is 14.0. The Morgan fingerprint density at radius 2 is 1.50 bits per heavy atom. The highest BCUT2D eigenvalue weighted by Crippen LogP contribution is 2.26. The Kier molecular flexibility index (Phi) is 8.87. The molecule has 7 heteroatoms. The third-order valence-electron chi connectivity index (χ3n) is 8.10.